The fourth-order valence-corrected chi connectivity index (χ4v) is 2.77. The van der Waals surface area contributed by atoms with Gasteiger partial charge in [0.15, 0.2) is 5.11 Å². The van der Waals surface area contributed by atoms with Crippen molar-refractivity contribution in [2.45, 2.75) is 44.3 Å². The molecule has 1 aliphatic carbocycles. The van der Waals surface area contributed by atoms with Crippen LogP contribution in [0.4, 0.5) is 18.9 Å². The summed E-state index contributed by atoms with van der Waals surface area (Å²) in [5, 5.41) is 3.67. The Balaban J connectivity index is 1.91. The Morgan fingerprint density at radius 1 is 1.18 bits per heavy atom. The molecule has 0 aliphatic heterocycles. The first kappa shape index (κ1) is 17.1. The number of hydrogen-bond donors (Lipinski definition) is 3. The van der Waals surface area contributed by atoms with Crippen molar-refractivity contribution >= 4 is 34.6 Å². The highest BCUT2D eigenvalue weighted by atomic mass is 35.5. The Kier molecular flexibility index (Phi) is 5.74. The van der Waals surface area contributed by atoms with Gasteiger partial charge in [0.25, 0.3) is 0 Å². The van der Waals surface area contributed by atoms with Crippen LogP contribution in [-0.4, -0.2) is 11.2 Å². The van der Waals surface area contributed by atoms with Gasteiger partial charge in [0, 0.05) is 6.04 Å². The third-order valence-electron chi connectivity index (χ3n) is 3.54. The molecule has 0 unspecified atom stereocenters. The molecule has 1 aromatic carbocycles. The van der Waals surface area contributed by atoms with E-state index in [1.165, 1.54) is 12.5 Å². The van der Waals surface area contributed by atoms with Gasteiger partial charge in [-0.2, -0.15) is 13.2 Å². The van der Waals surface area contributed by atoms with Crippen LogP contribution in [0, 0.1) is 0 Å². The third-order valence-corrected chi connectivity index (χ3v) is 4.09. The number of benzene rings is 1. The van der Waals surface area contributed by atoms with Gasteiger partial charge in [-0.15, -0.1) is 0 Å². The molecule has 0 amide bonds. The van der Waals surface area contributed by atoms with Crippen LogP contribution >= 0.6 is 23.8 Å². The highest BCUT2D eigenvalue weighted by Gasteiger charge is 2.31. The predicted octanol–water partition coefficient (Wildman–Crippen LogP) is 4.48. The van der Waals surface area contributed by atoms with E-state index in [2.05, 4.69) is 16.2 Å². The van der Waals surface area contributed by atoms with E-state index in [4.69, 9.17) is 23.8 Å². The highest BCUT2D eigenvalue weighted by Crippen LogP contribution is 2.33. The van der Waals surface area contributed by atoms with Gasteiger partial charge in [-0.25, -0.2) is 0 Å². The van der Waals surface area contributed by atoms with Crippen LogP contribution in [0.3, 0.4) is 0 Å². The van der Waals surface area contributed by atoms with Crippen LogP contribution < -0.4 is 16.2 Å². The predicted molar refractivity (Wildman–Crippen MR) is 85.8 cm³/mol. The van der Waals surface area contributed by atoms with Crippen molar-refractivity contribution in [2.24, 2.45) is 0 Å². The lowest BCUT2D eigenvalue weighted by Gasteiger charge is -2.24. The number of halogens is 4. The second-order valence-corrected chi connectivity index (χ2v) is 6.07. The zero-order chi connectivity index (χ0) is 16.2. The van der Waals surface area contributed by atoms with E-state index in [0.717, 1.165) is 37.8 Å². The first-order valence-corrected chi connectivity index (χ1v) is 7.84. The number of thiocarbonyl (C=S) groups is 1. The van der Waals surface area contributed by atoms with Crippen LogP contribution in [0.1, 0.15) is 37.7 Å². The minimum atomic E-state index is -4.41. The molecule has 22 heavy (non-hydrogen) atoms. The summed E-state index contributed by atoms with van der Waals surface area (Å²) in [7, 11) is 0. The van der Waals surface area contributed by atoms with Crippen LogP contribution in [0.25, 0.3) is 0 Å². The number of hydrazine groups is 1. The first-order valence-electron chi connectivity index (χ1n) is 7.05. The second-order valence-electron chi connectivity index (χ2n) is 5.25. The summed E-state index contributed by atoms with van der Waals surface area (Å²) < 4.78 is 38.0. The van der Waals surface area contributed by atoms with Gasteiger partial charge in [-0.1, -0.05) is 30.9 Å². The molecule has 0 bridgehead atoms. The molecule has 0 spiro atoms. The van der Waals surface area contributed by atoms with Crippen molar-refractivity contribution in [1.82, 2.24) is 10.7 Å². The summed E-state index contributed by atoms with van der Waals surface area (Å²) in [6.07, 6.45) is 1.23. The van der Waals surface area contributed by atoms with Crippen molar-refractivity contribution in [3.05, 3.63) is 28.8 Å². The molecule has 0 atom stereocenters. The van der Waals surface area contributed by atoms with E-state index in [0.29, 0.717) is 11.2 Å². The maximum Gasteiger partial charge on any atom is 0.416 e. The van der Waals surface area contributed by atoms with E-state index in [9.17, 15) is 13.2 Å². The first-order chi connectivity index (χ1) is 10.4. The maximum absolute atomic E-state index is 12.7. The third kappa shape index (κ3) is 4.91. The topological polar surface area (TPSA) is 36.1 Å². The van der Waals surface area contributed by atoms with Crippen molar-refractivity contribution in [1.29, 1.82) is 0 Å². The van der Waals surface area contributed by atoms with Gasteiger partial charge < -0.3 is 5.32 Å². The van der Waals surface area contributed by atoms with E-state index in [-0.39, 0.29) is 10.7 Å². The normalized spacial score (nSPS) is 16.2. The highest BCUT2D eigenvalue weighted by molar-refractivity contribution is 7.80. The van der Waals surface area contributed by atoms with E-state index in [1.807, 2.05) is 0 Å². The van der Waals surface area contributed by atoms with Crippen molar-refractivity contribution < 1.29 is 13.2 Å². The van der Waals surface area contributed by atoms with Gasteiger partial charge in [0.05, 0.1) is 16.3 Å². The van der Waals surface area contributed by atoms with Gasteiger partial charge in [-0.3, -0.25) is 10.9 Å². The Hall–Kier alpha value is -1.21. The van der Waals surface area contributed by atoms with Crippen LogP contribution in [-0.2, 0) is 6.18 Å². The molecule has 122 valence electrons. The quantitative estimate of drug-likeness (QED) is 0.554. The van der Waals surface area contributed by atoms with Crippen molar-refractivity contribution in [3.63, 3.8) is 0 Å². The van der Waals surface area contributed by atoms with E-state index < -0.39 is 11.7 Å². The van der Waals surface area contributed by atoms with Crippen molar-refractivity contribution in [2.75, 3.05) is 5.43 Å². The largest absolute Gasteiger partial charge is 0.416 e. The summed E-state index contributed by atoms with van der Waals surface area (Å²) in [6, 6.07) is 3.39. The monoisotopic (exact) mass is 351 g/mol. The molecule has 0 saturated heterocycles. The average Bonchev–Trinajstić information content (AvgIpc) is 2.46. The SMILES string of the molecule is FC(F)(F)c1ccc(Cl)c(NNC(=S)NC2CCCCC2)c1. The minimum absolute atomic E-state index is 0.129. The number of anilines is 1. The molecular formula is C14H17ClF3N3S. The number of nitrogens with one attached hydrogen (secondary N) is 3. The fourth-order valence-electron chi connectivity index (χ4n) is 2.39. The molecule has 0 radical (unpaired) electrons. The van der Waals surface area contributed by atoms with Gasteiger partial charge in [0.2, 0.25) is 0 Å². The van der Waals surface area contributed by atoms with Gasteiger partial charge in [-0.05, 0) is 43.3 Å². The molecule has 3 nitrogen and oxygen atoms in total. The molecule has 1 aliphatic rings. The number of hydrogen-bond acceptors (Lipinski definition) is 2. The zero-order valence-electron chi connectivity index (χ0n) is 11.8. The summed E-state index contributed by atoms with van der Waals surface area (Å²) in [4.78, 5) is 0. The summed E-state index contributed by atoms with van der Waals surface area (Å²) >= 11 is 11.0. The molecule has 0 aromatic heterocycles. The van der Waals surface area contributed by atoms with E-state index >= 15 is 0 Å². The molecule has 1 saturated carbocycles. The molecular weight excluding hydrogens is 335 g/mol. The standard InChI is InChI=1S/C14H17ClF3N3S/c15-11-7-6-9(14(16,17)18)8-12(11)20-21-13(22)19-10-4-2-1-3-5-10/h6-8,10,20H,1-5H2,(H2,19,21,22). The average molecular weight is 352 g/mol. The Morgan fingerprint density at radius 3 is 2.50 bits per heavy atom. The maximum atomic E-state index is 12.7. The second kappa shape index (κ2) is 7.37. The lowest BCUT2D eigenvalue weighted by molar-refractivity contribution is -0.137. The summed E-state index contributed by atoms with van der Waals surface area (Å²) in [5.74, 6) is 0. The van der Waals surface area contributed by atoms with Crippen LogP contribution in [0.2, 0.25) is 5.02 Å². The van der Waals surface area contributed by atoms with Gasteiger partial charge >= 0.3 is 6.18 Å². The smallest absolute Gasteiger partial charge is 0.359 e. The summed E-state index contributed by atoms with van der Waals surface area (Å²) in [5.41, 5.74) is 4.67. The van der Waals surface area contributed by atoms with Crippen molar-refractivity contribution in [3.8, 4) is 0 Å². The Bertz CT molecular complexity index is 531. The number of rotatable bonds is 3. The van der Waals surface area contributed by atoms with E-state index in [1.54, 1.807) is 0 Å². The molecule has 3 N–H and O–H groups in total. The minimum Gasteiger partial charge on any atom is -0.359 e. The zero-order valence-corrected chi connectivity index (χ0v) is 13.3. The molecule has 1 aromatic rings. The molecule has 0 heterocycles. The Morgan fingerprint density at radius 2 is 1.86 bits per heavy atom. The fraction of sp³-hybridized carbons (Fsp3) is 0.500. The molecule has 2 rings (SSSR count). The van der Waals surface area contributed by atoms with Crippen LogP contribution in [0.5, 0.6) is 0 Å². The van der Waals surface area contributed by atoms with Crippen LogP contribution in [0.15, 0.2) is 18.2 Å². The van der Waals surface area contributed by atoms with Gasteiger partial charge in [0.1, 0.15) is 0 Å². The molecule has 1 fully saturated rings. The summed E-state index contributed by atoms with van der Waals surface area (Å²) in [6.45, 7) is 0. The lowest BCUT2D eigenvalue weighted by atomic mass is 9.96. The lowest BCUT2D eigenvalue weighted by Crippen LogP contribution is -2.44. The molecule has 8 heteroatoms. The number of alkyl halides is 3. The Labute approximate surface area is 137 Å².